The summed E-state index contributed by atoms with van der Waals surface area (Å²) in [7, 11) is 1.67. The summed E-state index contributed by atoms with van der Waals surface area (Å²) in [6, 6.07) is 7.76. The van der Waals surface area contributed by atoms with Crippen LogP contribution in [0.1, 0.15) is 17.0 Å². The van der Waals surface area contributed by atoms with Gasteiger partial charge in [0.05, 0.1) is 11.0 Å². The number of carbonyl (C=O) groups is 1. The van der Waals surface area contributed by atoms with Gasteiger partial charge in [-0.1, -0.05) is 12.1 Å². The maximum Gasteiger partial charge on any atom is 0.185 e. The zero-order valence-electron chi connectivity index (χ0n) is 9.22. The highest BCUT2D eigenvalue weighted by Crippen LogP contribution is 2.15. The number of ether oxygens (including phenoxy) is 1. The summed E-state index contributed by atoms with van der Waals surface area (Å²) in [5.41, 5.74) is 1.86. The van der Waals surface area contributed by atoms with E-state index in [0.29, 0.717) is 12.4 Å². The number of carbonyl (C=O) groups excluding carboxylic acids is 1. The van der Waals surface area contributed by atoms with Crippen LogP contribution >= 0.6 is 0 Å². The summed E-state index contributed by atoms with van der Waals surface area (Å²) in [6.45, 7) is 1.44. The molecule has 4 heteroatoms. The Morgan fingerprint density at radius 3 is 3.00 bits per heavy atom. The van der Waals surface area contributed by atoms with Gasteiger partial charge in [0, 0.05) is 20.3 Å². The van der Waals surface area contributed by atoms with Crippen molar-refractivity contribution in [1.82, 2.24) is 9.55 Å². The maximum absolute atomic E-state index is 10.9. The molecule has 84 valence electrons. The van der Waals surface area contributed by atoms with Gasteiger partial charge in [-0.25, -0.2) is 4.98 Å². The standard InChI is InChI=1S/C12H14N2O2/c1-16-8-4-7-14-11-6-3-2-5-10(11)13-12(14)9-15/h2-3,5-6,9H,4,7-8H2,1H3. The van der Waals surface area contributed by atoms with Crippen LogP contribution in [0.4, 0.5) is 0 Å². The summed E-state index contributed by atoms with van der Waals surface area (Å²) in [4.78, 5) is 15.2. The van der Waals surface area contributed by atoms with Gasteiger partial charge >= 0.3 is 0 Å². The monoisotopic (exact) mass is 218 g/mol. The Hall–Kier alpha value is -1.68. The Bertz CT molecular complexity index is 491. The molecule has 0 spiro atoms. The first kappa shape index (κ1) is 10.8. The third-order valence-corrected chi connectivity index (χ3v) is 2.52. The Kier molecular flexibility index (Phi) is 3.31. The van der Waals surface area contributed by atoms with Crippen molar-refractivity contribution >= 4 is 17.3 Å². The zero-order valence-corrected chi connectivity index (χ0v) is 9.22. The molecule has 2 rings (SSSR count). The quantitative estimate of drug-likeness (QED) is 0.568. The second-order valence-corrected chi connectivity index (χ2v) is 3.57. The van der Waals surface area contributed by atoms with Gasteiger partial charge < -0.3 is 9.30 Å². The van der Waals surface area contributed by atoms with Crippen LogP contribution in [0.2, 0.25) is 0 Å². The van der Waals surface area contributed by atoms with Gasteiger partial charge in [0.15, 0.2) is 12.1 Å². The molecule has 1 aromatic carbocycles. The van der Waals surface area contributed by atoms with Crippen molar-refractivity contribution in [1.29, 1.82) is 0 Å². The predicted molar refractivity (Wildman–Crippen MR) is 61.6 cm³/mol. The highest BCUT2D eigenvalue weighted by Gasteiger charge is 2.08. The molecule has 0 fully saturated rings. The van der Waals surface area contributed by atoms with E-state index in [2.05, 4.69) is 4.98 Å². The van der Waals surface area contributed by atoms with E-state index in [1.165, 1.54) is 0 Å². The number of fused-ring (bicyclic) bond motifs is 1. The minimum Gasteiger partial charge on any atom is -0.385 e. The molecule has 16 heavy (non-hydrogen) atoms. The van der Waals surface area contributed by atoms with Crippen molar-refractivity contribution in [3.05, 3.63) is 30.1 Å². The molecular formula is C12H14N2O2. The predicted octanol–water partition coefficient (Wildman–Crippen LogP) is 1.89. The number of rotatable bonds is 5. The molecule has 0 amide bonds. The number of para-hydroxylation sites is 2. The molecule has 0 aliphatic heterocycles. The number of imidazole rings is 1. The van der Waals surface area contributed by atoms with Gasteiger partial charge in [-0.15, -0.1) is 0 Å². The lowest BCUT2D eigenvalue weighted by Crippen LogP contribution is -2.05. The average molecular weight is 218 g/mol. The summed E-state index contributed by atoms with van der Waals surface area (Å²) in [5, 5.41) is 0. The van der Waals surface area contributed by atoms with Crippen molar-refractivity contribution in [2.45, 2.75) is 13.0 Å². The van der Waals surface area contributed by atoms with Gasteiger partial charge in [0.1, 0.15) is 0 Å². The van der Waals surface area contributed by atoms with Crippen molar-refractivity contribution in [3.8, 4) is 0 Å². The van der Waals surface area contributed by atoms with E-state index in [-0.39, 0.29) is 0 Å². The highest BCUT2D eigenvalue weighted by atomic mass is 16.5. The molecule has 1 aromatic heterocycles. The summed E-state index contributed by atoms with van der Waals surface area (Å²) in [6.07, 6.45) is 1.67. The third-order valence-electron chi connectivity index (χ3n) is 2.52. The molecule has 0 aliphatic carbocycles. The molecule has 0 aliphatic rings. The Balaban J connectivity index is 2.35. The Morgan fingerprint density at radius 2 is 2.25 bits per heavy atom. The lowest BCUT2D eigenvalue weighted by molar-refractivity contribution is 0.111. The summed E-state index contributed by atoms with van der Waals surface area (Å²) >= 11 is 0. The summed E-state index contributed by atoms with van der Waals surface area (Å²) in [5.74, 6) is 0.484. The van der Waals surface area contributed by atoms with E-state index >= 15 is 0 Å². The van der Waals surface area contributed by atoms with Gasteiger partial charge in [-0.05, 0) is 18.6 Å². The first-order valence-electron chi connectivity index (χ1n) is 5.26. The lowest BCUT2D eigenvalue weighted by atomic mass is 10.3. The fourth-order valence-corrected chi connectivity index (χ4v) is 1.79. The first-order chi connectivity index (χ1) is 7.86. The van der Waals surface area contributed by atoms with Crippen LogP contribution in [0.15, 0.2) is 24.3 Å². The van der Waals surface area contributed by atoms with Gasteiger partial charge in [0.2, 0.25) is 0 Å². The molecular weight excluding hydrogens is 204 g/mol. The van der Waals surface area contributed by atoms with Crippen molar-refractivity contribution < 1.29 is 9.53 Å². The van der Waals surface area contributed by atoms with Crippen LogP contribution < -0.4 is 0 Å². The molecule has 0 bridgehead atoms. The van der Waals surface area contributed by atoms with E-state index in [4.69, 9.17) is 4.74 Å². The number of methoxy groups -OCH3 is 1. The molecule has 1 heterocycles. The van der Waals surface area contributed by atoms with Crippen LogP contribution in [0, 0.1) is 0 Å². The van der Waals surface area contributed by atoms with E-state index in [1.807, 2.05) is 28.8 Å². The van der Waals surface area contributed by atoms with E-state index < -0.39 is 0 Å². The van der Waals surface area contributed by atoms with Crippen LogP contribution in [0.5, 0.6) is 0 Å². The second kappa shape index (κ2) is 4.90. The molecule has 0 radical (unpaired) electrons. The molecule has 0 atom stereocenters. The second-order valence-electron chi connectivity index (χ2n) is 3.57. The van der Waals surface area contributed by atoms with E-state index in [1.54, 1.807) is 7.11 Å². The Morgan fingerprint density at radius 1 is 1.44 bits per heavy atom. The van der Waals surface area contributed by atoms with Gasteiger partial charge in [-0.3, -0.25) is 4.79 Å². The molecule has 4 nitrogen and oxygen atoms in total. The average Bonchev–Trinajstić information content (AvgIpc) is 2.68. The number of hydrogen-bond acceptors (Lipinski definition) is 3. The van der Waals surface area contributed by atoms with Gasteiger partial charge in [0.25, 0.3) is 0 Å². The van der Waals surface area contributed by atoms with Crippen LogP contribution in [-0.4, -0.2) is 29.6 Å². The Labute approximate surface area is 93.9 Å². The smallest absolute Gasteiger partial charge is 0.185 e. The fourth-order valence-electron chi connectivity index (χ4n) is 1.79. The highest BCUT2D eigenvalue weighted by molar-refractivity contribution is 5.82. The zero-order chi connectivity index (χ0) is 11.4. The lowest BCUT2D eigenvalue weighted by Gasteiger charge is -2.05. The summed E-state index contributed by atoms with van der Waals surface area (Å²) < 4.78 is 6.94. The minimum absolute atomic E-state index is 0.484. The third kappa shape index (κ3) is 1.97. The topological polar surface area (TPSA) is 44.1 Å². The molecule has 0 unspecified atom stereocenters. The number of aldehydes is 1. The number of aromatic nitrogens is 2. The maximum atomic E-state index is 10.9. The largest absolute Gasteiger partial charge is 0.385 e. The number of nitrogens with zero attached hydrogens (tertiary/aromatic N) is 2. The van der Waals surface area contributed by atoms with Gasteiger partial charge in [-0.2, -0.15) is 0 Å². The minimum atomic E-state index is 0.484. The van der Waals surface area contributed by atoms with Crippen LogP contribution in [-0.2, 0) is 11.3 Å². The van der Waals surface area contributed by atoms with E-state index in [0.717, 1.165) is 30.3 Å². The first-order valence-corrected chi connectivity index (χ1v) is 5.26. The number of aryl methyl sites for hydroxylation is 1. The number of hydrogen-bond donors (Lipinski definition) is 0. The molecule has 0 saturated carbocycles. The van der Waals surface area contributed by atoms with Crippen molar-refractivity contribution in [2.24, 2.45) is 0 Å². The van der Waals surface area contributed by atoms with Crippen molar-refractivity contribution in [2.75, 3.05) is 13.7 Å². The van der Waals surface area contributed by atoms with Crippen LogP contribution in [0.25, 0.3) is 11.0 Å². The molecule has 0 N–H and O–H groups in total. The van der Waals surface area contributed by atoms with E-state index in [9.17, 15) is 4.79 Å². The van der Waals surface area contributed by atoms with Crippen molar-refractivity contribution in [3.63, 3.8) is 0 Å². The molecule has 0 saturated heterocycles. The molecule has 2 aromatic rings. The van der Waals surface area contributed by atoms with Crippen LogP contribution in [0.3, 0.4) is 0 Å². The fraction of sp³-hybridized carbons (Fsp3) is 0.333. The SMILES string of the molecule is COCCCn1c(C=O)nc2ccccc21. The normalized spacial score (nSPS) is 10.8. The number of benzene rings is 1.